The molecule has 0 aliphatic heterocycles. The summed E-state index contributed by atoms with van der Waals surface area (Å²) in [6.45, 7) is 16.7. The maximum Gasteiger partial charge on any atom is 0.225 e. The second kappa shape index (κ2) is 12.7. The molecule has 0 saturated carbocycles. The van der Waals surface area contributed by atoms with Crippen LogP contribution < -0.4 is 20.1 Å². The topological polar surface area (TPSA) is 103 Å². The van der Waals surface area contributed by atoms with Crippen LogP contribution in [0.1, 0.15) is 59.4 Å². The van der Waals surface area contributed by atoms with E-state index < -0.39 is 8.32 Å². The second-order valence-electron chi connectivity index (χ2n) is 11.6. The Kier molecular flexibility index (Phi) is 10.0. The van der Waals surface area contributed by atoms with Crippen LogP contribution >= 0.6 is 11.6 Å². The quantitative estimate of drug-likeness (QED) is 0.163. The van der Waals surface area contributed by atoms with Crippen LogP contribution in [0.25, 0.3) is 11.0 Å². The van der Waals surface area contributed by atoms with Gasteiger partial charge < -0.3 is 24.5 Å². The van der Waals surface area contributed by atoms with Gasteiger partial charge in [0, 0.05) is 18.2 Å². The molecule has 0 aliphatic rings. The average molecular weight is 575 g/mol. The number of nitrogens with zero attached hydrogens (tertiary/aromatic N) is 4. The van der Waals surface area contributed by atoms with Crippen molar-refractivity contribution in [2.75, 3.05) is 31.5 Å². The number of hydrogen-bond donors (Lipinski definition) is 2. The number of aromatic nitrogens is 4. The molecule has 0 bridgehead atoms. The second-order valence-corrected chi connectivity index (χ2v) is 16.8. The van der Waals surface area contributed by atoms with Gasteiger partial charge in [0.25, 0.3) is 0 Å². The van der Waals surface area contributed by atoms with Gasteiger partial charge in [-0.2, -0.15) is 4.98 Å². The molecule has 0 unspecified atom stereocenters. The van der Waals surface area contributed by atoms with Crippen LogP contribution in [0, 0.1) is 0 Å². The number of nitrogens with one attached hydrogen (secondary N) is 2. The fourth-order valence-corrected chi connectivity index (χ4v) is 5.07. The smallest absolute Gasteiger partial charge is 0.225 e. The Hall–Kier alpha value is -2.69. The van der Waals surface area contributed by atoms with E-state index in [-0.39, 0.29) is 15.9 Å². The Labute approximate surface area is 238 Å². The van der Waals surface area contributed by atoms with Gasteiger partial charge in [-0.15, -0.1) is 0 Å². The number of hydrogen-bond acceptors (Lipinski definition) is 9. The third-order valence-electron chi connectivity index (χ3n) is 7.40. The monoisotopic (exact) mass is 574 g/mol. The minimum absolute atomic E-state index is 0.112. The highest BCUT2D eigenvalue weighted by Crippen LogP contribution is 2.38. The molecule has 0 spiro atoms. The van der Waals surface area contributed by atoms with Gasteiger partial charge in [-0.1, -0.05) is 40.5 Å². The van der Waals surface area contributed by atoms with Crippen molar-refractivity contribution >= 4 is 42.7 Å². The van der Waals surface area contributed by atoms with Crippen molar-refractivity contribution < 1.29 is 13.9 Å². The molecule has 214 valence electrons. The van der Waals surface area contributed by atoms with Gasteiger partial charge in [-0.3, -0.25) is 0 Å². The predicted octanol–water partition coefficient (Wildman–Crippen LogP) is 7.09. The van der Waals surface area contributed by atoms with Crippen LogP contribution in [0.4, 0.5) is 11.8 Å². The first-order valence-electron chi connectivity index (χ1n) is 13.4. The molecule has 0 radical (unpaired) electrons. The molecule has 1 aromatic carbocycles. The Balaban J connectivity index is 1.94. The lowest BCUT2D eigenvalue weighted by atomic mass is 9.96. The first-order valence-corrected chi connectivity index (χ1v) is 16.7. The maximum atomic E-state index is 6.68. The van der Waals surface area contributed by atoms with Crippen LogP contribution in [-0.4, -0.2) is 54.6 Å². The summed E-state index contributed by atoms with van der Waals surface area (Å²) in [5, 5.41) is 7.26. The van der Waals surface area contributed by atoms with Crippen LogP contribution in [0.2, 0.25) is 23.4 Å². The molecule has 0 fully saturated rings. The predicted molar refractivity (Wildman–Crippen MR) is 162 cm³/mol. The summed E-state index contributed by atoms with van der Waals surface area (Å²) >= 11 is 6.19. The molecule has 9 nitrogen and oxygen atoms in total. The zero-order chi connectivity index (χ0) is 28.8. The molecule has 2 N–H and O–H groups in total. The van der Waals surface area contributed by atoms with Crippen LogP contribution in [0.15, 0.2) is 24.4 Å². The van der Waals surface area contributed by atoms with Crippen molar-refractivity contribution in [3.63, 3.8) is 0 Å². The summed E-state index contributed by atoms with van der Waals surface area (Å²) in [5.41, 5.74) is 1.72. The summed E-state index contributed by atoms with van der Waals surface area (Å²) in [6, 6.07) is 5.70. The lowest BCUT2D eigenvalue weighted by Crippen LogP contribution is -2.48. The molecule has 0 amide bonds. The third kappa shape index (κ3) is 7.92. The number of anilines is 2. The van der Waals surface area contributed by atoms with Crippen LogP contribution in [0.5, 0.6) is 11.5 Å². The van der Waals surface area contributed by atoms with E-state index in [1.807, 2.05) is 18.2 Å². The number of unbranched alkanes of at least 4 members (excludes halogenated alkanes) is 1. The van der Waals surface area contributed by atoms with Crippen molar-refractivity contribution in [2.45, 2.75) is 84.1 Å². The van der Waals surface area contributed by atoms with Crippen molar-refractivity contribution in [1.82, 2.24) is 19.9 Å². The highest BCUT2D eigenvalue weighted by Gasteiger charge is 2.39. The number of ether oxygens (including phenoxy) is 2. The molecule has 2 aromatic heterocycles. The molecule has 2 heterocycles. The summed E-state index contributed by atoms with van der Waals surface area (Å²) in [7, 11) is 1.30. The lowest BCUT2D eigenvalue weighted by Gasteiger charge is -2.40. The summed E-state index contributed by atoms with van der Waals surface area (Å²) < 4.78 is 17.5. The Morgan fingerprint density at radius 3 is 2.41 bits per heavy atom. The highest BCUT2D eigenvalue weighted by molar-refractivity contribution is 6.74. The molecular weight excluding hydrogens is 532 g/mol. The Morgan fingerprint density at radius 1 is 1.03 bits per heavy atom. The molecule has 39 heavy (non-hydrogen) atoms. The van der Waals surface area contributed by atoms with Crippen molar-refractivity contribution in [2.24, 2.45) is 0 Å². The van der Waals surface area contributed by atoms with Crippen molar-refractivity contribution in [3.05, 3.63) is 35.2 Å². The van der Waals surface area contributed by atoms with Crippen molar-refractivity contribution in [1.29, 1.82) is 0 Å². The fourth-order valence-electron chi connectivity index (χ4n) is 3.83. The van der Waals surface area contributed by atoms with E-state index in [1.165, 1.54) is 0 Å². The average Bonchev–Trinajstić information content (AvgIpc) is 2.89. The molecule has 1 atom stereocenters. The number of halogens is 1. The van der Waals surface area contributed by atoms with Crippen LogP contribution in [0.3, 0.4) is 0 Å². The van der Waals surface area contributed by atoms with Gasteiger partial charge >= 0.3 is 0 Å². The summed E-state index contributed by atoms with van der Waals surface area (Å²) in [6.07, 6.45) is 4.65. The van der Waals surface area contributed by atoms with E-state index in [1.54, 1.807) is 20.4 Å². The Morgan fingerprint density at radius 2 is 1.77 bits per heavy atom. The molecule has 3 aromatic rings. The number of methoxy groups -OCH3 is 2. The minimum atomic E-state index is -1.96. The normalized spacial score (nSPS) is 13.7. The van der Waals surface area contributed by atoms with E-state index in [2.05, 4.69) is 73.3 Å². The summed E-state index contributed by atoms with van der Waals surface area (Å²) in [5.74, 6) is 2.47. The lowest BCUT2D eigenvalue weighted by molar-refractivity contribution is 0.214. The molecule has 0 aliphatic carbocycles. The van der Waals surface area contributed by atoms with E-state index in [9.17, 15) is 0 Å². The van der Waals surface area contributed by atoms with Crippen LogP contribution in [-0.2, 0) is 11.0 Å². The Bertz CT molecular complexity index is 1270. The van der Waals surface area contributed by atoms with Gasteiger partial charge in [0.15, 0.2) is 14.1 Å². The van der Waals surface area contributed by atoms with Gasteiger partial charge in [-0.25, -0.2) is 15.0 Å². The largest absolute Gasteiger partial charge is 0.497 e. The van der Waals surface area contributed by atoms with E-state index >= 15 is 0 Å². The molecule has 0 saturated heterocycles. The first kappa shape index (κ1) is 30.8. The third-order valence-corrected chi connectivity index (χ3v) is 12.1. The van der Waals surface area contributed by atoms with E-state index in [4.69, 9.17) is 30.5 Å². The van der Waals surface area contributed by atoms with Gasteiger partial charge in [0.1, 0.15) is 22.5 Å². The molecular formula is C28H43ClN6O3Si. The first-order chi connectivity index (χ1) is 18.3. The molecule has 3 rings (SSSR count). The standard InChI is InChI=1S/C28H43ClN6O3Si/c1-10-11-14-28(5,18-38-39(8,9)27(2,3)4)35-24-23-21(17-30-25(29)33-23)32-26(34-24)31-16-19-12-13-20(36-6)15-22(19)37-7/h12-13,15,17H,10-11,14,16,18H2,1-9H3,(H2,31,32,34,35)/t28-/m1/s1. The maximum absolute atomic E-state index is 6.68. The van der Waals surface area contributed by atoms with Gasteiger partial charge in [0.2, 0.25) is 11.2 Å². The van der Waals surface area contributed by atoms with Gasteiger partial charge in [0.05, 0.1) is 32.6 Å². The summed E-state index contributed by atoms with van der Waals surface area (Å²) in [4.78, 5) is 18.1. The highest BCUT2D eigenvalue weighted by atomic mass is 35.5. The van der Waals surface area contributed by atoms with E-state index in [0.29, 0.717) is 41.7 Å². The zero-order valence-corrected chi connectivity index (χ0v) is 26.5. The zero-order valence-electron chi connectivity index (χ0n) is 24.7. The van der Waals surface area contributed by atoms with E-state index in [0.717, 1.165) is 30.6 Å². The SMILES string of the molecule is CCCC[C@](C)(CO[Si](C)(C)C(C)(C)C)Nc1nc(NCc2ccc(OC)cc2OC)nc2cnc(Cl)nc12. The fraction of sp³-hybridized carbons (Fsp3) is 0.571. The number of fused-ring (bicyclic) bond motifs is 1. The molecule has 11 heteroatoms. The minimum Gasteiger partial charge on any atom is -0.497 e. The number of benzene rings is 1. The number of rotatable bonds is 13. The van der Waals surface area contributed by atoms with Crippen molar-refractivity contribution in [3.8, 4) is 11.5 Å². The van der Waals surface area contributed by atoms with Gasteiger partial charge in [-0.05, 0) is 55.2 Å².